The molecule has 0 saturated heterocycles. The molecule has 0 unspecified atom stereocenters. The first-order chi connectivity index (χ1) is 4.83. The molecule has 0 amide bonds. The number of hydrogen-bond acceptors (Lipinski definition) is 1. The van der Waals surface area contributed by atoms with Crippen molar-refractivity contribution in [3.05, 3.63) is 29.3 Å². The van der Waals surface area contributed by atoms with E-state index in [1.165, 1.54) is 0 Å². The Morgan fingerprint density at radius 1 is 1.30 bits per heavy atom. The number of rotatable bonds is 1. The van der Waals surface area contributed by atoms with Crippen LogP contribution in [0.4, 0.5) is 5.69 Å². The van der Waals surface area contributed by atoms with Gasteiger partial charge in [-0.05, 0) is 31.2 Å². The molecule has 0 spiro atoms. The van der Waals surface area contributed by atoms with Gasteiger partial charge in [0.2, 0.25) is 0 Å². The van der Waals surface area contributed by atoms with Crippen LogP contribution in [0.2, 0.25) is 5.02 Å². The second-order valence-electron chi connectivity index (χ2n) is 1.86. The van der Waals surface area contributed by atoms with Crippen molar-refractivity contribution in [1.29, 1.82) is 0 Å². The number of nitrogens with zero attached hydrogens (tertiary/aromatic N) is 1. The standard InChI is InChI=1S/C8H8ClN/c1-2-10-8-5-3-7(9)4-6-8/h2-6H,1H3. The third-order valence-corrected chi connectivity index (χ3v) is 1.36. The van der Waals surface area contributed by atoms with Gasteiger partial charge in [-0.25, -0.2) is 0 Å². The summed E-state index contributed by atoms with van der Waals surface area (Å²) in [6.07, 6.45) is 1.75. The highest BCUT2D eigenvalue weighted by molar-refractivity contribution is 6.30. The smallest absolute Gasteiger partial charge is 0.0626 e. The van der Waals surface area contributed by atoms with Gasteiger partial charge in [-0.2, -0.15) is 0 Å². The van der Waals surface area contributed by atoms with E-state index < -0.39 is 0 Å². The molecule has 0 aliphatic carbocycles. The van der Waals surface area contributed by atoms with Crippen LogP contribution in [0.1, 0.15) is 6.92 Å². The lowest BCUT2D eigenvalue weighted by atomic mass is 10.3. The Morgan fingerprint density at radius 2 is 1.90 bits per heavy atom. The minimum absolute atomic E-state index is 0.745. The van der Waals surface area contributed by atoms with E-state index in [9.17, 15) is 0 Å². The second-order valence-corrected chi connectivity index (χ2v) is 2.30. The predicted octanol–water partition coefficient (Wildman–Crippen LogP) is 3.06. The van der Waals surface area contributed by atoms with Crippen molar-refractivity contribution in [3.8, 4) is 0 Å². The van der Waals surface area contributed by atoms with Gasteiger partial charge in [0.15, 0.2) is 0 Å². The molecule has 52 valence electrons. The average molecular weight is 154 g/mol. The van der Waals surface area contributed by atoms with E-state index in [1.807, 2.05) is 31.2 Å². The highest BCUT2D eigenvalue weighted by Crippen LogP contribution is 2.15. The number of aliphatic imine (C=N–C) groups is 1. The van der Waals surface area contributed by atoms with Crippen molar-refractivity contribution in [2.45, 2.75) is 6.92 Å². The van der Waals surface area contributed by atoms with Crippen LogP contribution in [-0.4, -0.2) is 6.21 Å². The van der Waals surface area contributed by atoms with Crippen LogP contribution in [0, 0.1) is 0 Å². The fourth-order valence-electron chi connectivity index (χ4n) is 0.676. The lowest BCUT2D eigenvalue weighted by molar-refractivity contribution is 1.53. The third-order valence-electron chi connectivity index (χ3n) is 1.10. The second kappa shape index (κ2) is 3.37. The van der Waals surface area contributed by atoms with Crippen molar-refractivity contribution in [2.75, 3.05) is 0 Å². The Kier molecular flexibility index (Phi) is 2.46. The van der Waals surface area contributed by atoms with Crippen LogP contribution < -0.4 is 0 Å². The van der Waals surface area contributed by atoms with Crippen LogP contribution in [0.3, 0.4) is 0 Å². The average Bonchev–Trinajstić information content (AvgIpc) is 1.95. The molecule has 1 nitrogen and oxygen atoms in total. The SMILES string of the molecule is CC=Nc1ccc(Cl)cc1. The molecule has 0 radical (unpaired) electrons. The molecule has 10 heavy (non-hydrogen) atoms. The Hall–Kier alpha value is -0.820. The van der Waals surface area contributed by atoms with Gasteiger partial charge in [-0.15, -0.1) is 0 Å². The van der Waals surface area contributed by atoms with E-state index in [0.29, 0.717) is 0 Å². The maximum Gasteiger partial charge on any atom is 0.0626 e. The van der Waals surface area contributed by atoms with Crippen molar-refractivity contribution < 1.29 is 0 Å². The van der Waals surface area contributed by atoms with E-state index in [4.69, 9.17) is 11.6 Å². The van der Waals surface area contributed by atoms with E-state index in [0.717, 1.165) is 10.7 Å². The molecular formula is C8H8ClN. The van der Waals surface area contributed by atoms with Crippen molar-refractivity contribution in [3.63, 3.8) is 0 Å². The monoisotopic (exact) mass is 153 g/mol. The van der Waals surface area contributed by atoms with Gasteiger partial charge in [-0.3, -0.25) is 4.99 Å². The molecule has 0 aliphatic heterocycles. The van der Waals surface area contributed by atoms with Crippen molar-refractivity contribution >= 4 is 23.5 Å². The van der Waals surface area contributed by atoms with Crippen molar-refractivity contribution in [2.24, 2.45) is 4.99 Å². The summed E-state index contributed by atoms with van der Waals surface area (Å²) >= 11 is 5.66. The molecule has 0 saturated carbocycles. The summed E-state index contributed by atoms with van der Waals surface area (Å²) in [6, 6.07) is 7.40. The van der Waals surface area contributed by atoms with Crippen LogP contribution in [0.15, 0.2) is 29.3 Å². The largest absolute Gasteiger partial charge is 0.262 e. The van der Waals surface area contributed by atoms with Gasteiger partial charge in [-0.1, -0.05) is 11.6 Å². The topological polar surface area (TPSA) is 12.4 Å². The van der Waals surface area contributed by atoms with Gasteiger partial charge in [0.1, 0.15) is 0 Å². The molecule has 0 fully saturated rings. The zero-order valence-corrected chi connectivity index (χ0v) is 6.47. The van der Waals surface area contributed by atoms with Crippen LogP contribution in [-0.2, 0) is 0 Å². The fourth-order valence-corrected chi connectivity index (χ4v) is 0.802. The molecule has 0 aromatic heterocycles. The summed E-state index contributed by atoms with van der Waals surface area (Å²) in [5.74, 6) is 0. The summed E-state index contributed by atoms with van der Waals surface area (Å²) in [6.45, 7) is 1.88. The first-order valence-corrected chi connectivity index (χ1v) is 3.45. The minimum Gasteiger partial charge on any atom is -0.262 e. The molecule has 1 rings (SSSR count). The first kappa shape index (κ1) is 7.29. The molecule has 0 bridgehead atoms. The number of hydrogen-bond donors (Lipinski definition) is 0. The molecule has 1 aromatic rings. The maximum atomic E-state index is 5.66. The van der Waals surface area contributed by atoms with Crippen LogP contribution in [0.5, 0.6) is 0 Å². The zero-order chi connectivity index (χ0) is 7.40. The van der Waals surface area contributed by atoms with Gasteiger partial charge in [0, 0.05) is 11.2 Å². The van der Waals surface area contributed by atoms with E-state index >= 15 is 0 Å². The van der Waals surface area contributed by atoms with E-state index in [1.54, 1.807) is 6.21 Å². The minimum atomic E-state index is 0.745. The summed E-state index contributed by atoms with van der Waals surface area (Å²) < 4.78 is 0. The van der Waals surface area contributed by atoms with E-state index in [-0.39, 0.29) is 0 Å². The van der Waals surface area contributed by atoms with Crippen LogP contribution in [0.25, 0.3) is 0 Å². The molecule has 1 aromatic carbocycles. The normalized spacial score (nSPS) is 10.6. The summed E-state index contributed by atoms with van der Waals surface area (Å²) in [5.41, 5.74) is 0.937. The molecule has 2 heteroatoms. The molecule has 0 atom stereocenters. The fraction of sp³-hybridized carbons (Fsp3) is 0.125. The molecule has 0 N–H and O–H groups in total. The van der Waals surface area contributed by atoms with Gasteiger partial charge < -0.3 is 0 Å². The van der Waals surface area contributed by atoms with Gasteiger partial charge in [0.05, 0.1) is 5.69 Å². The molecule has 0 heterocycles. The lowest BCUT2D eigenvalue weighted by Gasteiger charge is -1.90. The van der Waals surface area contributed by atoms with E-state index in [2.05, 4.69) is 4.99 Å². The lowest BCUT2D eigenvalue weighted by Crippen LogP contribution is -1.64. The predicted molar refractivity (Wildman–Crippen MR) is 45.3 cm³/mol. The highest BCUT2D eigenvalue weighted by atomic mass is 35.5. The Bertz CT molecular complexity index is 226. The Balaban J connectivity index is 2.89. The number of halogens is 1. The Morgan fingerprint density at radius 3 is 2.40 bits per heavy atom. The first-order valence-electron chi connectivity index (χ1n) is 3.07. The summed E-state index contributed by atoms with van der Waals surface area (Å²) in [5, 5.41) is 0.745. The quantitative estimate of drug-likeness (QED) is 0.550. The van der Waals surface area contributed by atoms with Gasteiger partial charge in [0.25, 0.3) is 0 Å². The van der Waals surface area contributed by atoms with Crippen LogP contribution >= 0.6 is 11.6 Å². The summed E-state index contributed by atoms with van der Waals surface area (Å²) in [7, 11) is 0. The summed E-state index contributed by atoms with van der Waals surface area (Å²) in [4.78, 5) is 4.06. The molecule has 0 aliphatic rings. The zero-order valence-electron chi connectivity index (χ0n) is 5.71. The number of benzene rings is 1. The van der Waals surface area contributed by atoms with Gasteiger partial charge >= 0.3 is 0 Å². The Labute approximate surface area is 65.4 Å². The van der Waals surface area contributed by atoms with Crippen molar-refractivity contribution in [1.82, 2.24) is 0 Å². The maximum absolute atomic E-state index is 5.66. The molecular weight excluding hydrogens is 146 g/mol. The highest BCUT2D eigenvalue weighted by Gasteiger charge is 1.85. The third kappa shape index (κ3) is 1.85.